The zero-order chi connectivity index (χ0) is 16.8. The van der Waals surface area contributed by atoms with E-state index in [0.29, 0.717) is 12.3 Å². The van der Waals surface area contributed by atoms with Crippen molar-refractivity contribution in [2.24, 2.45) is 5.92 Å². The van der Waals surface area contributed by atoms with E-state index in [1.54, 1.807) is 0 Å². The van der Waals surface area contributed by atoms with Gasteiger partial charge in [0, 0.05) is 6.54 Å². The summed E-state index contributed by atoms with van der Waals surface area (Å²) in [7, 11) is 0. The quantitative estimate of drug-likeness (QED) is 0.680. The van der Waals surface area contributed by atoms with Gasteiger partial charge in [0.25, 0.3) is 0 Å². The van der Waals surface area contributed by atoms with Crippen molar-refractivity contribution in [2.75, 3.05) is 6.54 Å². The molecule has 0 bridgehead atoms. The first kappa shape index (κ1) is 16.5. The van der Waals surface area contributed by atoms with Crippen LogP contribution in [0.15, 0.2) is 54.1 Å². The SMILES string of the molecule is O=C(OCc1ccccc1)OC(=O)[C@@H]1CC(C2=CCCC=C2)CN1. The van der Waals surface area contributed by atoms with Gasteiger partial charge >= 0.3 is 12.1 Å². The lowest BCUT2D eigenvalue weighted by Crippen LogP contribution is -2.33. The molecule has 1 unspecified atom stereocenters. The highest BCUT2D eigenvalue weighted by atomic mass is 16.7. The fourth-order valence-electron chi connectivity index (χ4n) is 3.00. The third kappa shape index (κ3) is 4.32. The lowest BCUT2D eigenvalue weighted by molar-refractivity contribution is -0.142. The molecule has 1 heterocycles. The molecule has 1 saturated heterocycles. The molecular weight excluding hydrogens is 306 g/mol. The molecule has 5 heteroatoms. The minimum atomic E-state index is -0.953. The van der Waals surface area contributed by atoms with Crippen molar-refractivity contribution in [3.8, 4) is 0 Å². The second kappa shape index (κ2) is 7.93. The molecule has 5 nitrogen and oxygen atoms in total. The Bertz CT molecular complexity index is 651. The second-order valence-corrected chi connectivity index (χ2v) is 6.02. The number of esters is 1. The van der Waals surface area contributed by atoms with Crippen molar-refractivity contribution in [1.29, 1.82) is 0 Å². The van der Waals surface area contributed by atoms with Crippen molar-refractivity contribution >= 4 is 12.1 Å². The monoisotopic (exact) mass is 327 g/mol. The Morgan fingerprint density at radius 3 is 2.75 bits per heavy atom. The Morgan fingerprint density at radius 1 is 1.17 bits per heavy atom. The van der Waals surface area contributed by atoms with Gasteiger partial charge in [-0.05, 0) is 36.3 Å². The van der Waals surface area contributed by atoms with Crippen LogP contribution < -0.4 is 5.32 Å². The zero-order valence-electron chi connectivity index (χ0n) is 13.4. The third-order valence-corrected chi connectivity index (χ3v) is 4.29. The molecule has 1 aliphatic carbocycles. The Balaban J connectivity index is 1.44. The summed E-state index contributed by atoms with van der Waals surface area (Å²) in [5, 5.41) is 3.13. The van der Waals surface area contributed by atoms with Gasteiger partial charge in [-0.25, -0.2) is 9.59 Å². The smallest absolute Gasteiger partial charge is 0.429 e. The van der Waals surface area contributed by atoms with E-state index < -0.39 is 18.2 Å². The van der Waals surface area contributed by atoms with Gasteiger partial charge in [-0.3, -0.25) is 0 Å². The number of hydrogen-bond donors (Lipinski definition) is 1. The van der Waals surface area contributed by atoms with Crippen LogP contribution in [0.5, 0.6) is 0 Å². The summed E-state index contributed by atoms with van der Waals surface area (Å²) in [5.74, 6) is -0.282. The van der Waals surface area contributed by atoms with Crippen molar-refractivity contribution in [2.45, 2.75) is 31.9 Å². The van der Waals surface area contributed by atoms with Gasteiger partial charge in [-0.15, -0.1) is 0 Å². The summed E-state index contributed by atoms with van der Waals surface area (Å²) in [6.07, 6.45) is 8.30. The average Bonchev–Trinajstić information content (AvgIpc) is 3.12. The van der Waals surface area contributed by atoms with Crippen LogP contribution in [0.4, 0.5) is 4.79 Å². The molecule has 1 aromatic rings. The van der Waals surface area contributed by atoms with Crippen molar-refractivity contribution in [1.82, 2.24) is 5.32 Å². The van der Waals surface area contributed by atoms with Gasteiger partial charge in [0.05, 0.1) is 0 Å². The van der Waals surface area contributed by atoms with E-state index in [9.17, 15) is 9.59 Å². The van der Waals surface area contributed by atoms with Crippen LogP contribution >= 0.6 is 0 Å². The predicted molar refractivity (Wildman–Crippen MR) is 89.1 cm³/mol. The average molecular weight is 327 g/mol. The molecule has 0 aromatic heterocycles. The van der Waals surface area contributed by atoms with E-state index in [1.807, 2.05) is 30.3 Å². The van der Waals surface area contributed by atoms with Crippen molar-refractivity contribution < 1.29 is 19.1 Å². The summed E-state index contributed by atoms with van der Waals surface area (Å²) in [4.78, 5) is 23.7. The van der Waals surface area contributed by atoms with Gasteiger partial charge in [-0.1, -0.05) is 48.6 Å². The summed E-state index contributed by atoms with van der Waals surface area (Å²) < 4.78 is 9.76. The molecule has 1 aliphatic heterocycles. The summed E-state index contributed by atoms with van der Waals surface area (Å²) in [5.41, 5.74) is 2.10. The lowest BCUT2D eigenvalue weighted by atomic mass is 9.92. The minimum absolute atomic E-state index is 0.0886. The predicted octanol–water partition coefficient (Wildman–Crippen LogP) is 3.12. The summed E-state index contributed by atoms with van der Waals surface area (Å²) in [6, 6.07) is 8.80. The van der Waals surface area contributed by atoms with Crippen LogP contribution in [0.1, 0.15) is 24.8 Å². The van der Waals surface area contributed by atoms with E-state index in [0.717, 1.165) is 24.9 Å². The van der Waals surface area contributed by atoms with E-state index in [-0.39, 0.29) is 6.61 Å². The molecule has 2 atom stereocenters. The highest BCUT2D eigenvalue weighted by molar-refractivity contribution is 5.85. The fraction of sp³-hybridized carbons (Fsp3) is 0.368. The van der Waals surface area contributed by atoms with Crippen LogP contribution in [0.2, 0.25) is 0 Å². The first-order valence-corrected chi connectivity index (χ1v) is 8.25. The highest BCUT2D eigenvalue weighted by Crippen LogP contribution is 2.26. The van der Waals surface area contributed by atoms with Crippen molar-refractivity contribution in [3.63, 3.8) is 0 Å². The molecule has 1 aromatic carbocycles. The number of carbonyl (C=O) groups excluding carboxylic acids is 2. The van der Waals surface area contributed by atoms with Crippen LogP contribution in [0.3, 0.4) is 0 Å². The largest absolute Gasteiger partial charge is 0.516 e. The van der Waals surface area contributed by atoms with E-state index in [2.05, 4.69) is 23.5 Å². The van der Waals surface area contributed by atoms with E-state index in [4.69, 9.17) is 9.47 Å². The van der Waals surface area contributed by atoms with Gasteiger partial charge in [-0.2, -0.15) is 0 Å². The number of nitrogens with one attached hydrogen (secondary N) is 1. The first-order chi connectivity index (χ1) is 11.7. The Morgan fingerprint density at radius 2 is 2.00 bits per heavy atom. The Kier molecular flexibility index (Phi) is 5.43. The molecule has 0 spiro atoms. The Labute approximate surface area is 141 Å². The van der Waals surface area contributed by atoms with Gasteiger partial charge in [0.1, 0.15) is 12.6 Å². The number of carbonyl (C=O) groups is 2. The molecule has 126 valence electrons. The minimum Gasteiger partial charge on any atom is -0.429 e. The summed E-state index contributed by atoms with van der Waals surface area (Å²) >= 11 is 0. The maximum absolute atomic E-state index is 12.1. The van der Waals surface area contributed by atoms with Crippen LogP contribution in [-0.4, -0.2) is 24.7 Å². The molecule has 1 fully saturated rings. The molecule has 1 N–H and O–H groups in total. The topological polar surface area (TPSA) is 64.6 Å². The van der Waals surface area contributed by atoms with Crippen LogP contribution in [-0.2, 0) is 20.9 Å². The molecule has 2 aliphatic rings. The zero-order valence-corrected chi connectivity index (χ0v) is 13.4. The van der Waals surface area contributed by atoms with Crippen LogP contribution in [0.25, 0.3) is 0 Å². The lowest BCUT2D eigenvalue weighted by Gasteiger charge is -2.13. The molecule has 0 amide bonds. The fourth-order valence-corrected chi connectivity index (χ4v) is 3.00. The standard InChI is InChI=1S/C19H21NO4/c21-18(24-19(22)23-13-14-7-3-1-4-8-14)17-11-16(12-20-17)15-9-5-2-6-10-15/h1,3-5,7-10,16-17,20H,2,6,11-13H2/t16?,17-/m0/s1. The first-order valence-electron chi connectivity index (χ1n) is 8.25. The molecule has 3 rings (SSSR count). The Hall–Kier alpha value is -2.40. The highest BCUT2D eigenvalue weighted by Gasteiger charge is 2.33. The number of benzene rings is 1. The molecule has 0 saturated carbocycles. The molecule has 0 radical (unpaired) electrons. The summed E-state index contributed by atoms with van der Waals surface area (Å²) in [6.45, 7) is 0.806. The number of hydrogen-bond acceptors (Lipinski definition) is 5. The number of allylic oxidation sites excluding steroid dienone is 3. The second-order valence-electron chi connectivity index (χ2n) is 6.02. The van der Waals surface area contributed by atoms with Crippen LogP contribution in [0, 0.1) is 5.92 Å². The van der Waals surface area contributed by atoms with E-state index in [1.165, 1.54) is 5.57 Å². The van der Waals surface area contributed by atoms with Crippen molar-refractivity contribution in [3.05, 3.63) is 59.7 Å². The molecular formula is C19H21NO4. The van der Waals surface area contributed by atoms with Gasteiger partial charge < -0.3 is 14.8 Å². The van der Waals surface area contributed by atoms with E-state index >= 15 is 0 Å². The third-order valence-electron chi connectivity index (χ3n) is 4.29. The van der Waals surface area contributed by atoms with Gasteiger partial charge in [0.15, 0.2) is 0 Å². The molecule has 24 heavy (non-hydrogen) atoms. The van der Waals surface area contributed by atoms with Gasteiger partial charge in [0.2, 0.25) is 0 Å². The normalized spacial score (nSPS) is 22.8. The number of rotatable bonds is 4. The maximum atomic E-state index is 12.1. The maximum Gasteiger partial charge on any atom is 0.516 e. The number of ether oxygens (including phenoxy) is 2.